The molecule has 2 aromatic carbocycles. The van der Waals surface area contributed by atoms with Crippen LogP contribution < -0.4 is 15.4 Å². The Labute approximate surface area is 196 Å². The molecule has 2 N–H and O–H groups in total. The van der Waals surface area contributed by atoms with Crippen molar-refractivity contribution in [2.75, 3.05) is 36.0 Å². The van der Waals surface area contributed by atoms with Crippen molar-refractivity contribution in [1.82, 2.24) is 19.6 Å². The van der Waals surface area contributed by atoms with Crippen LogP contribution in [0.2, 0.25) is 0 Å². The highest BCUT2D eigenvalue weighted by molar-refractivity contribution is 5.84. The van der Waals surface area contributed by atoms with Gasteiger partial charge in [0.05, 0.1) is 28.7 Å². The van der Waals surface area contributed by atoms with Crippen LogP contribution in [-0.2, 0) is 17.4 Å². The fourth-order valence-electron chi connectivity index (χ4n) is 4.47. The van der Waals surface area contributed by atoms with E-state index in [1.165, 1.54) is 10.5 Å². The summed E-state index contributed by atoms with van der Waals surface area (Å²) in [4.78, 5) is 29.8. The molecule has 1 aliphatic heterocycles. The number of benzene rings is 2. The number of fused-ring (bicyclic) bond motifs is 3. The van der Waals surface area contributed by atoms with Crippen molar-refractivity contribution in [2.45, 2.75) is 19.0 Å². The number of hydrogen-bond acceptors (Lipinski definition) is 6. The Bertz CT molecular complexity index is 1460. The van der Waals surface area contributed by atoms with Crippen LogP contribution >= 0.6 is 0 Å². The molecule has 0 amide bonds. The Morgan fingerprint density at radius 2 is 1.71 bits per heavy atom. The SMILES string of the molecule is O=C(O)CCc1nnc2c(=O)[nH]c3cc(C(F)(F)F)c(N4CCN(c5ccccc5)CC4)cc3n12. The van der Waals surface area contributed by atoms with Crippen LogP contribution in [0.4, 0.5) is 24.5 Å². The first-order valence-corrected chi connectivity index (χ1v) is 11.0. The summed E-state index contributed by atoms with van der Waals surface area (Å²) in [5, 5.41) is 16.8. The summed E-state index contributed by atoms with van der Waals surface area (Å²) in [5.41, 5.74) is -0.413. The highest BCUT2D eigenvalue weighted by Gasteiger charge is 2.36. The minimum Gasteiger partial charge on any atom is -0.481 e. The molecule has 3 heterocycles. The number of aliphatic carboxylic acids is 1. The fraction of sp³-hybridized carbons (Fsp3) is 0.304. The first kappa shape index (κ1) is 22.7. The number of carbonyl (C=O) groups is 1. The van der Waals surface area contributed by atoms with Crippen LogP contribution in [-0.4, -0.2) is 56.8 Å². The zero-order valence-electron chi connectivity index (χ0n) is 18.4. The Morgan fingerprint density at radius 3 is 2.37 bits per heavy atom. The van der Waals surface area contributed by atoms with Crippen LogP contribution in [0.1, 0.15) is 17.8 Å². The van der Waals surface area contributed by atoms with Gasteiger partial charge in [-0.1, -0.05) is 18.2 Å². The molecular formula is C23H21F3N6O3. The second kappa shape index (κ2) is 8.60. The predicted molar refractivity (Wildman–Crippen MR) is 123 cm³/mol. The van der Waals surface area contributed by atoms with Gasteiger partial charge in [-0.3, -0.25) is 14.0 Å². The van der Waals surface area contributed by atoms with Crippen molar-refractivity contribution in [2.24, 2.45) is 0 Å². The van der Waals surface area contributed by atoms with E-state index in [2.05, 4.69) is 20.1 Å². The van der Waals surface area contributed by atoms with Gasteiger partial charge in [-0.05, 0) is 24.3 Å². The van der Waals surface area contributed by atoms with Crippen molar-refractivity contribution < 1.29 is 23.1 Å². The normalized spacial score (nSPS) is 14.7. The van der Waals surface area contributed by atoms with Gasteiger partial charge in [-0.25, -0.2) is 0 Å². The van der Waals surface area contributed by atoms with Gasteiger partial charge in [-0.2, -0.15) is 13.2 Å². The molecule has 0 spiro atoms. The summed E-state index contributed by atoms with van der Waals surface area (Å²) in [6.45, 7) is 1.81. The van der Waals surface area contributed by atoms with Crippen LogP contribution in [0.15, 0.2) is 47.3 Å². The van der Waals surface area contributed by atoms with Crippen molar-refractivity contribution in [3.63, 3.8) is 0 Å². The van der Waals surface area contributed by atoms with E-state index in [0.29, 0.717) is 26.2 Å². The van der Waals surface area contributed by atoms with Crippen LogP contribution in [0.3, 0.4) is 0 Å². The molecule has 1 saturated heterocycles. The van der Waals surface area contributed by atoms with Crippen LogP contribution in [0.25, 0.3) is 16.7 Å². The number of alkyl halides is 3. The van der Waals surface area contributed by atoms with Gasteiger partial charge >= 0.3 is 12.1 Å². The lowest BCUT2D eigenvalue weighted by molar-refractivity contribution is -0.137. The molecule has 0 saturated carbocycles. The summed E-state index contributed by atoms with van der Waals surface area (Å²) in [6.07, 6.45) is -4.93. The average Bonchev–Trinajstić information content (AvgIpc) is 3.27. The minimum atomic E-state index is -4.65. The van der Waals surface area contributed by atoms with Crippen LogP contribution in [0, 0.1) is 0 Å². The Hall–Kier alpha value is -4.09. The third-order valence-corrected chi connectivity index (χ3v) is 6.15. The van der Waals surface area contributed by atoms with E-state index in [0.717, 1.165) is 11.8 Å². The number of para-hydroxylation sites is 1. The summed E-state index contributed by atoms with van der Waals surface area (Å²) < 4.78 is 43.6. The number of piperazine rings is 1. The molecule has 2 aromatic heterocycles. The highest BCUT2D eigenvalue weighted by atomic mass is 19.4. The van der Waals surface area contributed by atoms with Crippen molar-refractivity contribution in [3.05, 3.63) is 64.2 Å². The molecule has 12 heteroatoms. The van der Waals surface area contributed by atoms with Crippen LogP contribution in [0.5, 0.6) is 0 Å². The lowest BCUT2D eigenvalue weighted by Crippen LogP contribution is -2.47. The lowest BCUT2D eigenvalue weighted by atomic mass is 10.1. The molecule has 0 bridgehead atoms. The Balaban J connectivity index is 1.60. The number of rotatable bonds is 5. The van der Waals surface area contributed by atoms with Gasteiger partial charge in [0.25, 0.3) is 5.56 Å². The number of aromatic nitrogens is 4. The summed E-state index contributed by atoms with van der Waals surface area (Å²) >= 11 is 0. The molecule has 1 fully saturated rings. The number of halogens is 3. The third-order valence-electron chi connectivity index (χ3n) is 6.15. The molecule has 5 rings (SSSR count). The van der Waals surface area contributed by atoms with E-state index in [1.807, 2.05) is 30.3 Å². The highest BCUT2D eigenvalue weighted by Crippen LogP contribution is 2.39. The number of hydrogen-bond donors (Lipinski definition) is 2. The number of H-pyrrole nitrogens is 1. The zero-order chi connectivity index (χ0) is 24.7. The van der Waals surface area contributed by atoms with Gasteiger partial charge in [-0.15, -0.1) is 10.2 Å². The molecule has 0 atom stereocenters. The first-order chi connectivity index (χ1) is 16.7. The quantitative estimate of drug-likeness (QED) is 0.447. The maximum Gasteiger partial charge on any atom is 0.418 e. The molecule has 35 heavy (non-hydrogen) atoms. The molecule has 182 valence electrons. The van der Waals surface area contributed by atoms with Gasteiger partial charge in [0.1, 0.15) is 5.82 Å². The average molecular weight is 486 g/mol. The molecule has 0 aliphatic carbocycles. The van der Waals surface area contributed by atoms with Crippen molar-refractivity contribution >= 4 is 34.0 Å². The number of carboxylic acid groups (broad SMARTS) is 1. The summed E-state index contributed by atoms with van der Waals surface area (Å²) in [5.74, 6) is -0.870. The van der Waals surface area contributed by atoms with Crippen molar-refractivity contribution in [3.8, 4) is 0 Å². The fourth-order valence-corrected chi connectivity index (χ4v) is 4.47. The maximum absolute atomic E-state index is 14.1. The van der Waals surface area contributed by atoms with Gasteiger partial charge in [0.2, 0.25) is 5.65 Å². The van der Waals surface area contributed by atoms with E-state index in [-0.39, 0.29) is 41.0 Å². The van der Waals surface area contributed by atoms with Crippen molar-refractivity contribution in [1.29, 1.82) is 0 Å². The standard InChI is InChI=1S/C23H21F3N6O3/c24-23(25,26)15-12-16-18(32-19(6-7-20(33)34)28-29-21(32)22(35)27-16)13-17(15)31-10-8-30(9-11-31)14-4-2-1-3-5-14/h1-5,12-13H,6-11H2,(H,27,35)(H,33,34). The second-order valence-electron chi connectivity index (χ2n) is 8.32. The first-order valence-electron chi connectivity index (χ1n) is 11.0. The smallest absolute Gasteiger partial charge is 0.418 e. The Morgan fingerprint density at radius 1 is 1.03 bits per heavy atom. The monoisotopic (exact) mass is 486 g/mol. The van der Waals surface area contributed by atoms with E-state index >= 15 is 0 Å². The number of nitrogens with one attached hydrogen (secondary N) is 1. The molecular weight excluding hydrogens is 465 g/mol. The largest absolute Gasteiger partial charge is 0.481 e. The van der Waals surface area contributed by atoms with E-state index in [1.54, 1.807) is 4.90 Å². The van der Waals surface area contributed by atoms with Gasteiger partial charge in [0, 0.05) is 38.3 Å². The molecule has 4 aromatic rings. The summed E-state index contributed by atoms with van der Waals surface area (Å²) in [6, 6.07) is 12.0. The molecule has 1 aliphatic rings. The molecule has 0 radical (unpaired) electrons. The van der Waals surface area contributed by atoms with E-state index in [4.69, 9.17) is 5.11 Å². The topological polar surface area (TPSA) is 107 Å². The number of anilines is 2. The number of aryl methyl sites for hydroxylation is 1. The Kier molecular flexibility index (Phi) is 5.58. The predicted octanol–water partition coefficient (Wildman–Crippen LogP) is 2.93. The second-order valence-corrected chi connectivity index (χ2v) is 8.32. The van der Waals surface area contributed by atoms with Gasteiger partial charge < -0.3 is 19.9 Å². The summed E-state index contributed by atoms with van der Waals surface area (Å²) in [7, 11) is 0. The zero-order valence-corrected chi connectivity index (χ0v) is 18.4. The molecule has 0 unspecified atom stereocenters. The maximum atomic E-state index is 14.1. The van der Waals surface area contributed by atoms with E-state index < -0.39 is 23.3 Å². The number of nitrogens with zero attached hydrogens (tertiary/aromatic N) is 5. The number of carboxylic acids is 1. The van der Waals surface area contributed by atoms with E-state index in [9.17, 15) is 22.8 Å². The van der Waals surface area contributed by atoms with Gasteiger partial charge in [0.15, 0.2) is 0 Å². The lowest BCUT2D eigenvalue weighted by Gasteiger charge is -2.38. The number of aromatic amines is 1. The molecule has 9 nitrogen and oxygen atoms in total. The third kappa shape index (κ3) is 4.27. The minimum absolute atomic E-state index is 0.0102.